The first-order valence-corrected chi connectivity index (χ1v) is 9.02. The second-order valence-corrected chi connectivity index (χ2v) is 7.01. The van der Waals surface area contributed by atoms with Crippen molar-refractivity contribution in [3.05, 3.63) is 76.5 Å². The fourth-order valence-electron chi connectivity index (χ4n) is 3.71. The Labute approximate surface area is 158 Å². The highest BCUT2D eigenvalue weighted by Gasteiger charge is 2.36. The van der Waals surface area contributed by atoms with E-state index in [1.807, 2.05) is 57.2 Å². The van der Waals surface area contributed by atoms with E-state index in [9.17, 15) is 9.59 Å². The van der Waals surface area contributed by atoms with Crippen molar-refractivity contribution in [2.24, 2.45) is 0 Å². The van der Waals surface area contributed by atoms with Gasteiger partial charge in [-0.05, 0) is 38.0 Å². The predicted molar refractivity (Wildman–Crippen MR) is 105 cm³/mol. The molecular formula is C22H21N3O2. The second kappa shape index (κ2) is 6.50. The van der Waals surface area contributed by atoms with Crippen LogP contribution in [0.3, 0.4) is 0 Å². The third kappa shape index (κ3) is 2.85. The molecule has 0 radical (unpaired) electrons. The Kier molecular flexibility index (Phi) is 4.15. The lowest BCUT2D eigenvalue weighted by atomic mass is 9.85. The van der Waals surface area contributed by atoms with E-state index >= 15 is 0 Å². The third-order valence-corrected chi connectivity index (χ3v) is 5.28. The maximum Gasteiger partial charge on any atom is 0.226 e. The summed E-state index contributed by atoms with van der Waals surface area (Å²) < 4.78 is 1.76. The summed E-state index contributed by atoms with van der Waals surface area (Å²) >= 11 is 0. The molecular weight excluding hydrogens is 338 g/mol. The zero-order valence-electron chi connectivity index (χ0n) is 15.6. The predicted octanol–water partition coefficient (Wildman–Crippen LogP) is 4.11. The van der Waals surface area contributed by atoms with Crippen molar-refractivity contribution in [1.82, 2.24) is 9.78 Å². The monoisotopic (exact) mass is 359 g/mol. The van der Waals surface area contributed by atoms with Gasteiger partial charge in [0.15, 0.2) is 5.78 Å². The number of aryl methyl sites for hydroxylation is 2. The SMILES string of the molecule is Cc1cccc(-n2nc(C)c3c2NC(=O)C[C@@H]3C(=O)c2ccccc2)c1C. The van der Waals surface area contributed by atoms with Gasteiger partial charge in [-0.1, -0.05) is 42.5 Å². The lowest BCUT2D eigenvalue weighted by Crippen LogP contribution is -2.28. The number of benzene rings is 2. The number of amides is 1. The van der Waals surface area contributed by atoms with Gasteiger partial charge in [0.05, 0.1) is 17.3 Å². The Morgan fingerprint density at radius 2 is 1.81 bits per heavy atom. The normalized spacial score (nSPS) is 16.0. The van der Waals surface area contributed by atoms with Crippen LogP contribution in [0.1, 0.15) is 45.1 Å². The molecule has 0 aliphatic carbocycles. The van der Waals surface area contributed by atoms with E-state index in [0.717, 1.165) is 28.1 Å². The van der Waals surface area contributed by atoms with Crippen LogP contribution in [0.15, 0.2) is 48.5 Å². The average molecular weight is 359 g/mol. The summed E-state index contributed by atoms with van der Waals surface area (Å²) in [4.78, 5) is 25.5. The lowest BCUT2D eigenvalue weighted by Gasteiger charge is -2.23. The highest BCUT2D eigenvalue weighted by Crippen LogP contribution is 2.38. The molecule has 2 aromatic carbocycles. The number of carbonyl (C=O) groups excluding carboxylic acids is 2. The summed E-state index contributed by atoms with van der Waals surface area (Å²) in [6.45, 7) is 5.97. The van der Waals surface area contributed by atoms with Crippen molar-refractivity contribution in [2.45, 2.75) is 33.1 Å². The molecule has 1 atom stereocenters. The zero-order chi connectivity index (χ0) is 19.1. The molecule has 0 bridgehead atoms. The standard InChI is InChI=1S/C22H21N3O2/c1-13-8-7-11-18(14(13)2)25-22-20(15(3)24-25)17(12-19(26)23-22)21(27)16-9-5-4-6-10-16/h4-11,17H,12H2,1-3H3,(H,23,26)/t17-/m0/s1. The molecule has 0 saturated heterocycles. The number of ketones is 1. The van der Waals surface area contributed by atoms with Gasteiger partial charge in [0.1, 0.15) is 5.82 Å². The summed E-state index contributed by atoms with van der Waals surface area (Å²) in [5.74, 6) is -0.125. The van der Waals surface area contributed by atoms with Crippen molar-refractivity contribution < 1.29 is 9.59 Å². The Hall–Kier alpha value is -3.21. The maximum absolute atomic E-state index is 13.1. The van der Waals surface area contributed by atoms with Gasteiger partial charge >= 0.3 is 0 Å². The number of hydrogen-bond acceptors (Lipinski definition) is 3. The van der Waals surface area contributed by atoms with Gasteiger partial charge in [0, 0.05) is 17.5 Å². The molecule has 0 spiro atoms. The van der Waals surface area contributed by atoms with Gasteiger partial charge in [-0.3, -0.25) is 9.59 Å². The van der Waals surface area contributed by atoms with Gasteiger partial charge < -0.3 is 5.32 Å². The van der Waals surface area contributed by atoms with Crippen LogP contribution in [0.25, 0.3) is 5.69 Å². The average Bonchev–Trinajstić information content (AvgIpc) is 2.99. The largest absolute Gasteiger partial charge is 0.310 e. The molecule has 0 fully saturated rings. The fraction of sp³-hybridized carbons (Fsp3) is 0.227. The molecule has 5 heteroatoms. The molecule has 3 aromatic rings. The Morgan fingerprint density at radius 3 is 2.56 bits per heavy atom. The van der Waals surface area contributed by atoms with Crippen LogP contribution in [0.5, 0.6) is 0 Å². The van der Waals surface area contributed by atoms with E-state index < -0.39 is 5.92 Å². The molecule has 1 aliphatic heterocycles. The molecule has 1 aromatic heterocycles. The molecule has 4 rings (SSSR count). The molecule has 27 heavy (non-hydrogen) atoms. The number of anilines is 1. The third-order valence-electron chi connectivity index (χ3n) is 5.28. The Morgan fingerprint density at radius 1 is 1.07 bits per heavy atom. The zero-order valence-corrected chi connectivity index (χ0v) is 15.6. The summed E-state index contributed by atoms with van der Waals surface area (Å²) in [5.41, 5.74) is 5.33. The molecule has 1 N–H and O–H groups in total. The van der Waals surface area contributed by atoms with Gasteiger partial charge in [-0.25, -0.2) is 4.68 Å². The summed E-state index contributed by atoms with van der Waals surface area (Å²) in [6.07, 6.45) is 0.139. The van der Waals surface area contributed by atoms with Crippen molar-refractivity contribution in [1.29, 1.82) is 0 Å². The van der Waals surface area contributed by atoms with Crippen molar-refractivity contribution in [3.63, 3.8) is 0 Å². The highest BCUT2D eigenvalue weighted by atomic mass is 16.2. The minimum Gasteiger partial charge on any atom is -0.310 e. The van der Waals surface area contributed by atoms with Crippen LogP contribution in [-0.2, 0) is 4.79 Å². The van der Waals surface area contributed by atoms with Crippen LogP contribution in [0, 0.1) is 20.8 Å². The minimum absolute atomic E-state index is 0.0460. The number of nitrogens with one attached hydrogen (secondary N) is 1. The Bertz CT molecular complexity index is 1050. The minimum atomic E-state index is -0.519. The van der Waals surface area contributed by atoms with Crippen molar-refractivity contribution >= 4 is 17.5 Å². The van der Waals surface area contributed by atoms with Crippen LogP contribution >= 0.6 is 0 Å². The van der Waals surface area contributed by atoms with Crippen LogP contribution < -0.4 is 5.32 Å². The number of aromatic nitrogens is 2. The number of fused-ring (bicyclic) bond motifs is 1. The van der Waals surface area contributed by atoms with E-state index in [1.54, 1.807) is 16.8 Å². The van der Waals surface area contributed by atoms with E-state index in [2.05, 4.69) is 10.4 Å². The Balaban J connectivity index is 1.87. The number of nitrogens with zero attached hydrogens (tertiary/aromatic N) is 2. The first-order chi connectivity index (χ1) is 13.0. The second-order valence-electron chi connectivity index (χ2n) is 7.01. The molecule has 5 nitrogen and oxygen atoms in total. The van der Waals surface area contributed by atoms with Gasteiger partial charge in [-0.15, -0.1) is 0 Å². The van der Waals surface area contributed by atoms with Crippen LogP contribution in [-0.4, -0.2) is 21.5 Å². The fourth-order valence-corrected chi connectivity index (χ4v) is 3.71. The molecule has 0 unspecified atom stereocenters. The summed E-state index contributed by atoms with van der Waals surface area (Å²) in [5, 5.41) is 7.62. The van der Waals surface area contributed by atoms with Crippen LogP contribution in [0.2, 0.25) is 0 Å². The van der Waals surface area contributed by atoms with Gasteiger partial charge in [0.2, 0.25) is 5.91 Å². The molecule has 136 valence electrons. The van der Waals surface area contributed by atoms with Crippen molar-refractivity contribution in [3.8, 4) is 5.69 Å². The number of carbonyl (C=O) groups is 2. The van der Waals surface area contributed by atoms with E-state index in [1.165, 1.54) is 0 Å². The highest BCUT2D eigenvalue weighted by molar-refractivity contribution is 6.08. The number of rotatable bonds is 3. The van der Waals surface area contributed by atoms with E-state index in [0.29, 0.717) is 11.4 Å². The quantitative estimate of drug-likeness (QED) is 0.716. The van der Waals surface area contributed by atoms with E-state index in [-0.39, 0.29) is 18.1 Å². The number of hydrogen-bond donors (Lipinski definition) is 1. The molecule has 2 heterocycles. The van der Waals surface area contributed by atoms with Crippen LogP contribution in [0.4, 0.5) is 5.82 Å². The molecule has 1 aliphatic rings. The molecule has 1 amide bonds. The van der Waals surface area contributed by atoms with Gasteiger partial charge in [-0.2, -0.15) is 5.10 Å². The number of Topliss-reactive ketones (excluding diaryl/α,β-unsaturated/α-hetero) is 1. The lowest BCUT2D eigenvalue weighted by molar-refractivity contribution is -0.116. The first-order valence-electron chi connectivity index (χ1n) is 9.02. The molecule has 0 saturated carbocycles. The topological polar surface area (TPSA) is 64.0 Å². The summed E-state index contributed by atoms with van der Waals surface area (Å²) in [7, 11) is 0. The van der Waals surface area contributed by atoms with Crippen molar-refractivity contribution in [2.75, 3.05) is 5.32 Å². The van der Waals surface area contributed by atoms with Gasteiger partial charge in [0.25, 0.3) is 0 Å². The van der Waals surface area contributed by atoms with E-state index in [4.69, 9.17) is 0 Å². The first kappa shape index (κ1) is 17.2. The smallest absolute Gasteiger partial charge is 0.226 e. The summed E-state index contributed by atoms with van der Waals surface area (Å²) in [6, 6.07) is 15.1. The maximum atomic E-state index is 13.1.